The number of anilines is 3. The number of para-hydroxylation sites is 2. The summed E-state index contributed by atoms with van der Waals surface area (Å²) in [5.41, 5.74) is 14.1. The molecule has 0 aliphatic heterocycles. The Morgan fingerprint density at radius 1 is 0.315 bits per heavy atom. The zero-order valence-corrected chi connectivity index (χ0v) is 29.7. The highest BCUT2D eigenvalue weighted by Crippen LogP contribution is 2.42. The lowest BCUT2D eigenvalue weighted by Crippen LogP contribution is -2.10. The van der Waals surface area contributed by atoms with Gasteiger partial charge >= 0.3 is 0 Å². The number of aromatic nitrogens is 1. The molecular formula is C52H36N2. The Balaban J connectivity index is 1.11. The van der Waals surface area contributed by atoms with Crippen LogP contribution in [0, 0.1) is 0 Å². The maximum Gasteiger partial charge on any atom is 0.0547 e. The van der Waals surface area contributed by atoms with Crippen molar-refractivity contribution in [2.45, 2.75) is 0 Å². The molecule has 0 fully saturated rings. The maximum absolute atomic E-state index is 2.38. The predicted octanol–water partition coefficient (Wildman–Crippen LogP) is 14.4. The molecule has 0 bridgehead atoms. The van der Waals surface area contributed by atoms with Crippen LogP contribution in [0.2, 0.25) is 0 Å². The first kappa shape index (κ1) is 31.6. The summed E-state index contributed by atoms with van der Waals surface area (Å²) in [6, 6.07) is 78.9. The minimum atomic E-state index is 1.10. The van der Waals surface area contributed by atoms with E-state index in [9.17, 15) is 0 Å². The van der Waals surface area contributed by atoms with Gasteiger partial charge in [0.15, 0.2) is 0 Å². The van der Waals surface area contributed by atoms with Crippen LogP contribution in [0.15, 0.2) is 218 Å². The Morgan fingerprint density at radius 3 is 1.63 bits per heavy atom. The molecule has 0 aliphatic rings. The van der Waals surface area contributed by atoms with E-state index < -0.39 is 0 Å². The van der Waals surface area contributed by atoms with Gasteiger partial charge < -0.3 is 9.47 Å². The molecule has 0 saturated heterocycles. The first-order chi connectivity index (χ1) is 26.8. The second-order valence-corrected chi connectivity index (χ2v) is 13.8. The van der Waals surface area contributed by atoms with E-state index in [1.165, 1.54) is 66.0 Å². The van der Waals surface area contributed by atoms with Crippen LogP contribution in [-0.2, 0) is 0 Å². The maximum atomic E-state index is 2.38. The molecule has 0 N–H and O–H groups in total. The molecule has 2 heteroatoms. The third-order valence-electron chi connectivity index (χ3n) is 10.6. The second-order valence-electron chi connectivity index (χ2n) is 13.8. The van der Waals surface area contributed by atoms with Crippen LogP contribution in [0.4, 0.5) is 17.1 Å². The van der Waals surface area contributed by atoms with Gasteiger partial charge in [0.05, 0.1) is 11.0 Å². The normalized spacial score (nSPS) is 11.3. The van der Waals surface area contributed by atoms with Crippen molar-refractivity contribution in [1.29, 1.82) is 0 Å². The molecule has 10 rings (SSSR count). The van der Waals surface area contributed by atoms with Gasteiger partial charge in [0.2, 0.25) is 0 Å². The molecule has 0 radical (unpaired) electrons. The minimum absolute atomic E-state index is 1.10. The highest BCUT2D eigenvalue weighted by molar-refractivity contribution is 6.16. The third kappa shape index (κ3) is 5.62. The molecule has 0 unspecified atom stereocenters. The van der Waals surface area contributed by atoms with Gasteiger partial charge in [-0.05, 0) is 111 Å². The molecule has 10 aromatic rings. The van der Waals surface area contributed by atoms with Crippen molar-refractivity contribution in [3.05, 3.63) is 218 Å². The molecule has 0 saturated carbocycles. The van der Waals surface area contributed by atoms with Crippen LogP contribution in [0.25, 0.3) is 71.6 Å². The van der Waals surface area contributed by atoms with Gasteiger partial charge in [-0.1, -0.05) is 152 Å². The monoisotopic (exact) mass is 688 g/mol. The quantitative estimate of drug-likeness (QED) is 0.162. The number of fused-ring (bicyclic) bond motifs is 4. The lowest BCUT2D eigenvalue weighted by atomic mass is 9.98. The zero-order valence-electron chi connectivity index (χ0n) is 29.7. The Kier molecular flexibility index (Phi) is 7.85. The molecule has 0 atom stereocenters. The van der Waals surface area contributed by atoms with E-state index in [4.69, 9.17) is 0 Å². The number of rotatable bonds is 7. The lowest BCUT2D eigenvalue weighted by molar-refractivity contribution is 1.18. The van der Waals surface area contributed by atoms with Gasteiger partial charge in [-0.2, -0.15) is 0 Å². The van der Waals surface area contributed by atoms with E-state index >= 15 is 0 Å². The number of benzene rings is 9. The van der Waals surface area contributed by atoms with Crippen LogP contribution in [0.3, 0.4) is 0 Å². The molecule has 2 nitrogen and oxygen atoms in total. The van der Waals surface area contributed by atoms with Gasteiger partial charge in [-0.25, -0.2) is 0 Å². The topological polar surface area (TPSA) is 8.17 Å². The first-order valence-corrected chi connectivity index (χ1v) is 18.5. The summed E-state index contributed by atoms with van der Waals surface area (Å²) in [5, 5.41) is 5.00. The standard InChI is InChI=1S/C52H36N2/c1-3-13-37(14-4-1)39-27-31-45(32-28-39)53(46-33-29-40(30-34-46)42-26-25-38-15-7-8-16-41(38)35-42)47-20-11-17-43(36-47)48-22-12-24-51-52(48)49-21-9-10-23-50(49)54(51)44-18-5-2-6-19-44/h1-36H. The highest BCUT2D eigenvalue weighted by atomic mass is 15.1. The fourth-order valence-electron chi connectivity index (χ4n) is 7.98. The van der Waals surface area contributed by atoms with Crippen molar-refractivity contribution in [3.63, 3.8) is 0 Å². The molecule has 1 aromatic heterocycles. The van der Waals surface area contributed by atoms with E-state index in [2.05, 4.69) is 228 Å². The Bertz CT molecular complexity index is 2910. The smallest absolute Gasteiger partial charge is 0.0547 e. The van der Waals surface area contributed by atoms with Gasteiger partial charge in [0, 0.05) is 33.5 Å². The zero-order chi connectivity index (χ0) is 35.8. The third-order valence-corrected chi connectivity index (χ3v) is 10.6. The molecule has 9 aromatic carbocycles. The number of nitrogens with zero attached hydrogens (tertiary/aromatic N) is 2. The van der Waals surface area contributed by atoms with Crippen LogP contribution in [-0.4, -0.2) is 4.57 Å². The summed E-state index contributed by atoms with van der Waals surface area (Å²) in [6.45, 7) is 0. The average Bonchev–Trinajstić information content (AvgIpc) is 3.59. The van der Waals surface area contributed by atoms with Crippen LogP contribution < -0.4 is 4.90 Å². The number of hydrogen-bond donors (Lipinski definition) is 0. The molecular weight excluding hydrogens is 653 g/mol. The van der Waals surface area contributed by atoms with Crippen molar-refractivity contribution in [2.24, 2.45) is 0 Å². The van der Waals surface area contributed by atoms with Crippen LogP contribution in [0.1, 0.15) is 0 Å². The SMILES string of the molecule is c1ccc(-c2ccc(N(c3ccc(-c4ccc5ccccc5c4)cc3)c3cccc(-c4cccc5c4c4ccccc4n5-c4ccccc4)c3)cc2)cc1. The summed E-state index contributed by atoms with van der Waals surface area (Å²) in [7, 11) is 0. The second kappa shape index (κ2) is 13.4. The lowest BCUT2D eigenvalue weighted by Gasteiger charge is -2.26. The summed E-state index contributed by atoms with van der Waals surface area (Å²) < 4.78 is 2.38. The van der Waals surface area contributed by atoms with Crippen LogP contribution in [0.5, 0.6) is 0 Å². The van der Waals surface area contributed by atoms with E-state index in [0.29, 0.717) is 0 Å². The summed E-state index contributed by atoms with van der Waals surface area (Å²) in [4.78, 5) is 2.37. The fourth-order valence-corrected chi connectivity index (χ4v) is 7.98. The van der Waals surface area contributed by atoms with Crippen molar-refractivity contribution >= 4 is 49.6 Å². The average molecular weight is 689 g/mol. The van der Waals surface area contributed by atoms with Gasteiger partial charge in [0.1, 0.15) is 0 Å². The van der Waals surface area contributed by atoms with Gasteiger partial charge in [-0.15, -0.1) is 0 Å². The number of hydrogen-bond acceptors (Lipinski definition) is 1. The van der Waals surface area contributed by atoms with Gasteiger partial charge in [-0.3, -0.25) is 0 Å². The van der Waals surface area contributed by atoms with Gasteiger partial charge in [0.25, 0.3) is 0 Å². The first-order valence-electron chi connectivity index (χ1n) is 18.5. The van der Waals surface area contributed by atoms with Crippen molar-refractivity contribution in [3.8, 4) is 39.1 Å². The van der Waals surface area contributed by atoms with E-state index in [1.54, 1.807) is 0 Å². The molecule has 54 heavy (non-hydrogen) atoms. The molecule has 1 heterocycles. The summed E-state index contributed by atoms with van der Waals surface area (Å²) in [5.74, 6) is 0. The van der Waals surface area contributed by atoms with E-state index in [-0.39, 0.29) is 0 Å². The molecule has 254 valence electrons. The Labute approximate surface area is 315 Å². The Morgan fingerprint density at radius 2 is 0.870 bits per heavy atom. The van der Waals surface area contributed by atoms with Crippen molar-refractivity contribution in [1.82, 2.24) is 4.57 Å². The molecule has 0 spiro atoms. The molecule has 0 amide bonds. The largest absolute Gasteiger partial charge is 0.310 e. The molecule has 0 aliphatic carbocycles. The summed E-state index contributed by atoms with van der Waals surface area (Å²) in [6.07, 6.45) is 0. The predicted molar refractivity (Wildman–Crippen MR) is 229 cm³/mol. The fraction of sp³-hybridized carbons (Fsp3) is 0. The van der Waals surface area contributed by atoms with Crippen molar-refractivity contribution in [2.75, 3.05) is 4.90 Å². The van der Waals surface area contributed by atoms with E-state index in [0.717, 1.165) is 22.7 Å². The Hall–Kier alpha value is -7.16. The van der Waals surface area contributed by atoms with Crippen molar-refractivity contribution < 1.29 is 0 Å². The summed E-state index contributed by atoms with van der Waals surface area (Å²) >= 11 is 0. The van der Waals surface area contributed by atoms with E-state index in [1.807, 2.05) is 0 Å². The highest BCUT2D eigenvalue weighted by Gasteiger charge is 2.18. The minimum Gasteiger partial charge on any atom is -0.310 e. The van der Waals surface area contributed by atoms with Crippen LogP contribution >= 0.6 is 0 Å².